The molecule has 0 aliphatic carbocycles. The van der Waals surface area contributed by atoms with Crippen LogP contribution in [0.3, 0.4) is 0 Å². The summed E-state index contributed by atoms with van der Waals surface area (Å²) < 4.78 is 26.4. The molecular weight excluding hydrogens is 394 g/mol. The van der Waals surface area contributed by atoms with E-state index in [1.54, 1.807) is 26.0 Å². The van der Waals surface area contributed by atoms with Crippen LogP contribution in [0.4, 0.5) is 16.2 Å². The Kier molecular flexibility index (Phi) is 6.40. The van der Waals surface area contributed by atoms with Gasteiger partial charge in [-0.2, -0.15) is 4.31 Å². The Morgan fingerprint density at radius 1 is 1.22 bits per heavy atom. The van der Waals surface area contributed by atoms with Crippen LogP contribution in [0.2, 0.25) is 0 Å². The number of aryl methyl sites for hydroxylation is 1. The molecule has 10 heteroatoms. The Hall–Kier alpha value is -2.65. The lowest BCUT2D eigenvalue weighted by Crippen LogP contribution is -2.44. The van der Waals surface area contributed by atoms with Gasteiger partial charge in [-0.05, 0) is 31.5 Å². The van der Waals surface area contributed by atoms with Crippen LogP contribution in [0.15, 0.2) is 53.4 Å². The van der Waals surface area contributed by atoms with E-state index >= 15 is 0 Å². The van der Waals surface area contributed by atoms with Gasteiger partial charge in [0.2, 0.25) is 0 Å². The summed E-state index contributed by atoms with van der Waals surface area (Å²) in [6, 6.07) is 10.3. The number of anilines is 1. The molecule has 0 aliphatic rings. The maximum atomic E-state index is 12.9. The molecule has 0 radical (unpaired) electrons. The standard InChI is InChI=1S/C17H18ClN3O5S/c1-3-16(18)20(27(25,26)13-10-8-12(2)9-11-13)17(22)19-14-6-4-5-7-15(14)21(23)24/h4-11,16H,3H2,1-2H3,(H,19,22). The van der Waals surface area contributed by atoms with Crippen molar-refractivity contribution in [1.82, 2.24) is 4.31 Å². The van der Waals surface area contributed by atoms with Gasteiger partial charge in [0.05, 0.1) is 9.82 Å². The number of hydrogen-bond donors (Lipinski definition) is 1. The van der Waals surface area contributed by atoms with Gasteiger partial charge in [-0.3, -0.25) is 10.1 Å². The molecule has 8 nitrogen and oxygen atoms in total. The van der Waals surface area contributed by atoms with E-state index in [-0.39, 0.29) is 22.7 Å². The van der Waals surface area contributed by atoms with E-state index in [1.165, 1.54) is 36.4 Å². The minimum atomic E-state index is -4.26. The Morgan fingerprint density at radius 2 is 1.81 bits per heavy atom. The fourth-order valence-electron chi connectivity index (χ4n) is 2.29. The summed E-state index contributed by atoms with van der Waals surface area (Å²) in [5.41, 5.74) is -0.806. The maximum Gasteiger partial charge on any atom is 0.337 e. The van der Waals surface area contributed by atoms with Crippen molar-refractivity contribution in [3.63, 3.8) is 0 Å². The average Bonchev–Trinajstić information content (AvgIpc) is 2.62. The number of amides is 2. The van der Waals surface area contributed by atoms with Crippen molar-refractivity contribution in [3.05, 3.63) is 64.2 Å². The number of rotatable bonds is 6. The van der Waals surface area contributed by atoms with Crippen LogP contribution >= 0.6 is 11.6 Å². The molecular formula is C17H18ClN3O5S. The number of nitrogens with zero attached hydrogens (tertiary/aromatic N) is 2. The Balaban J connectivity index is 2.43. The van der Waals surface area contributed by atoms with Gasteiger partial charge in [-0.25, -0.2) is 13.2 Å². The molecule has 2 aromatic rings. The predicted octanol–water partition coefficient (Wildman–Crippen LogP) is 4.10. The fraction of sp³-hybridized carbons (Fsp3) is 0.235. The summed E-state index contributed by atoms with van der Waals surface area (Å²) in [6.45, 7) is 3.42. The molecule has 0 saturated carbocycles. The van der Waals surface area contributed by atoms with Crippen LogP contribution in [0.5, 0.6) is 0 Å². The highest BCUT2D eigenvalue weighted by atomic mass is 35.5. The van der Waals surface area contributed by atoms with E-state index in [1.807, 2.05) is 0 Å². The lowest BCUT2D eigenvalue weighted by Gasteiger charge is -2.26. The van der Waals surface area contributed by atoms with E-state index in [0.717, 1.165) is 5.56 Å². The molecule has 0 bridgehead atoms. The first kappa shape index (κ1) is 20.7. The monoisotopic (exact) mass is 411 g/mol. The Labute approximate surface area is 162 Å². The first-order chi connectivity index (χ1) is 12.7. The van der Waals surface area contributed by atoms with Gasteiger partial charge in [-0.15, -0.1) is 0 Å². The van der Waals surface area contributed by atoms with Gasteiger partial charge in [-0.1, -0.05) is 48.4 Å². The molecule has 27 heavy (non-hydrogen) atoms. The van der Waals surface area contributed by atoms with E-state index in [9.17, 15) is 23.3 Å². The molecule has 1 atom stereocenters. The van der Waals surface area contributed by atoms with E-state index < -0.39 is 26.5 Å². The SMILES string of the molecule is CCC(Cl)N(C(=O)Nc1ccccc1[N+](=O)[O-])S(=O)(=O)c1ccc(C)cc1. The molecule has 2 rings (SSSR count). The van der Waals surface area contributed by atoms with E-state index in [4.69, 9.17) is 11.6 Å². The van der Waals surface area contributed by atoms with Gasteiger partial charge in [0.15, 0.2) is 0 Å². The zero-order valence-corrected chi connectivity index (χ0v) is 16.2. The van der Waals surface area contributed by atoms with Crippen LogP contribution in [-0.2, 0) is 10.0 Å². The predicted molar refractivity (Wildman–Crippen MR) is 102 cm³/mol. The molecule has 0 aromatic heterocycles. The number of nitro benzene ring substituents is 1. The van der Waals surface area contributed by atoms with Crippen molar-refractivity contribution in [2.24, 2.45) is 0 Å². The zero-order valence-electron chi connectivity index (χ0n) is 14.6. The molecule has 0 heterocycles. The second-order valence-electron chi connectivity index (χ2n) is 5.66. The third-order valence-corrected chi connectivity index (χ3v) is 6.14. The first-order valence-corrected chi connectivity index (χ1v) is 9.85. The van der Waals surface area contributed by atoms with E-state index in [0.29, 0.717) is 4.31 Å². The smallest absolute Gasteiger partial charge is 0.301 e. The summed E-state index contributed by atoms with van der Waals surface area (Å²) in [5.74, 6) is 0. The van der Waals surface area contributed by atoms with Crippen molar-refractivity contribution in [3.8, 4) is 0 Å². The summed E-state index contributed by atoms with van der Waals surface area (Å²) in [5, 5.41) is 13.4. The molecule has 0 saturated heterocycles. The summed E-state index contributed by atoms with van der Waals surface area (Å²) in [7, 11) is -4.26. The molecule has 2 aromatic carbocycles. The van der Waals surface area contributed by atoms with Gasteiger partial charge >= 0.3 is 6.03 Å². The second-order valence-corrected chi connectivity index (χ2v) is 7.98. The third-order valence-electron chi connectivity index (χ3n) is 3.71. The molecule has 0 spiro atoms. The summed E-state index contributed by atoms with van der Waals surface area (Å²) in [6.07, 6.45) is 0.150. The normalized spacial score (nSPS) is 12.3. The van der Waals surface area contributed by atoms with Crippen LogP contribution < -0.4 is 5.32 Å². The highest BCUT2D eigenvalue weighted by Crippen LogP contribution is 2.27. The van der Waals surface area contributed by atoms with Crippen molar-refractivity contribution in [2.45, 2.75) is 30.7 Å². The molecule has 0 aliphatic heterocycles. The Morgan fingerprint density at radius 3 is 2.37 bits per heavy atom. The van der Waals surface area contributed by atoms with Crippen molar-refractivity contribution in [2.75, 3.05) is 5.32 Å². The minimum Gasteiger partial charge on any atom is -0.301 e. The minimum absolute atomic E-state index is 0.107. The molecule has 1 N–H and O–H groups in total. The number of para-hydroxylation sites is 2. The van der Waals surface area contributed by atoms with Crippen LogP contribution in [0.25, 0.3) is 0 Å². The maximum absolute atomic E-state index is 12.9. The number of halogens is 1. The molecule has 2 amide bonds. The van der Waals surface area contributed by atoms with Crippen molar-refractivity contribution < 1.29 is 18.1 Å². The third kappa shape index (κ3) is 4.55. The van der Waals surface area contributed by atoms with Crippen molar-refractivity contribution >= 4 is 39.0 Å². The van der Waals surface area contributed by atoms with Crippen LogP contribution in [0.1, 0.15) is 18.9 Å². The van der Waals surface area contributed by atoms with Gasteiger partial charge in [0, 0.05) is 6.07 Å². The lowest BCUT2D eigenvalue weighted by atomic mass is 10.2. The van der Waals surface area contributed by atoms with Crippen LogP contribution in [-0.4, -0.2) is 29.2 Å². The number of urea groups is 1. The van der Waals surface area contributed by atoms with Gasteiger partial charge in [0.25, 0.3) is 15.7 Å². The zero-order chi connectivity index (χ0) is 20.2. The lowest BCUT2D eigenvalue weighted by molar-refractivity contribution is -0.383. The second kappa shape index (κ2) is 8.36. The molecule has 1 unspecified atom stereocenters. The fourth-order valence-corrected chi connectivity index (χ4v) is 4.11. The Bertz CT molecular complexity index is 947. The first-order valence-electron chi connectivity index (χ1n) is 7.98. The number of nitrogens with one attached hydrogen (secondary N) is 1. The topological polar surface area (TPSA) is 110 Å². The number of carbonyl (C=O) groups excluding carboxylic acids is 1. The largest absolute Gasteiger partial charge is 0.337 e. The van der Waals surface area contributed by atoms with Crippen LogP contribution in [0, 0.1) is 17.0 Å². The number of alkyl halides is 1. The number of nitro groups is 1. The van der Waals surface area contributed by atoms with Gasteiger partial charge in [0.1, 0.15) is 11.2 Å². The molecule has 0 fully saturated rings. The quantitative estimate of drug-likeness (QED) is 0.333. The highest BCUT2D eigenvalue weighted by Gasteiger charge is 2.35. The average molecular weight is 412 g/mol. The number of sulfonamides is 1. The molecule has 144 valence electrons. The highest BCUT2D eigenvalue weighted by molar-refractivity contribution is 7.89. The summed E-state index contributed by atoms with van der Waals surface area (Å²) >= 11 is 6.11. The number of carbonyl (C=O) groups is 1. The van der Waals surface area contributed by atoms with E-state index in [2.05, 4.69) is 5.32 Å². The van der Waals surface area contributed by atoms with Crippen molar-refractivity contribution in [1.29, 1.82) is 0 Å². The number of benzene rings is 2. The van der Waals surface area contributed by atoms with Gasteiger partial charge < -0.3 is 5.32 Å². The summed E-state index contributed by atoms with van der Waals surface area (Å²) in [4.78, 5) is 23.0. The number of hydrogen-bond acceptors (Lipinski definition) is 5.